The SMILES string of the molecule is CCN(C(=O)c1cc(Cl)ccc1Oc1cncnc1N1CC2(CCN(CC3(O)CCC(N)CC3)CC2)C1)C(C)C. The van der Waals surface area contributed by atoms with Gasteiger partial charge in [-0.2, -0.15) is 0 Å². The molecule has 3 N–H and O–H groups in total. The first-order valence-electron chi connectivity index (χ1n) is 14.6. The number of rotatable bonds is 8. The maximum atomic E-state index is 13.4. The van der Waals surface area contributed by atoms with E-state index in [0.29, 0.717) is 28.6 Å². The fraction of sp³-hybridized carbons (Fsp3) is 0.633. The Labute approximate surface area is 242 Å². The first-order valence-corrected chi connectivity index (χ1v) is 15.0. The molecule has 1 aliphatic carbocycles. The van der Waals surface area contributed by atoms with E-state index >= 15 is 0 Å². The predicted octanol–water partition coefficient (Wildman–Crippen LogP) is 4.33. The number of aromatic nitrogens is 2. The molecule has 1 aromatic heterocycles. The summed E-state index contributed by atoms with van der Waals surface area (Å²) >= 11 is 6.28. The molecule has 2 aliphatic heterocycles. The van der Waals surface area contributed by atoms with E-state index in [-0.39, 0.29) is 23.4 Å². The third kappa shape index (κ3) is 6.22. The number of anilines is 1. The number of ether oxygens (including phenoxy) is 1. The molecule has 3 heterocycles. The van der Waals surface area contributed by atoms with Crippen molar-refractivity contribution in [3.8, 4) is 11.5 Å². The average Bonchev–Trinajstić information content (AvgIpc) is 2.91. The number of hydrogen-bond donors (Lipinski definition) is 2. The third-order valence-corrected chi connectivity index (χ3v) is 9.26. The zero-order valence-electron chi connectivity index (χ0n) is 24.0. The van der Waals surface area contributed by atoms with Crippen LogP contribution in [0.15, 0.2) is 30.7 Å². The van der Waals surface area contributed by atoms with Gasteiger partial charge in [0.1, 0.15) is 12.1 Å². The van der Waals surface area contributed by atoms with Crippen molar-refractivity contribution in [1.82, 2.24) is 19.8 Å². The van der Waals surface area contributed by atoms with Crippen molar-refractivity contribution in [2.75, 3.05) is 44.2 Å². The highest BCUT2D eigenvalue weighted by molar-refractivity contribution is 6.31. The van der Waals surface area contributed by atoms with Crippen LogP contribution < -0.4 is 15.4 Å². The Morgan fingerprint density at radius 3 is 2.55 bits per heavy atom. The van der Waals surface area contributed by atoms with Crippen molar-refractivity contribution in [3.63, 3.8) is 0 Å². The standard InChI is InChI=1S/C30H43ClN6O3/c1-4-37(21(2)3)28(38)24-15-22(31)5-6-25(24)40-26-16-33-20-34-27(26)36-17-29(18-36)11-13-35(14-12-29)19-30(39)9-7-23(32)8-10-30/h5-6,15-16,20-21,23,39H,4,7-14,17-19,32H2,1-3H3. The van der Waals surface area contributed by atoms with E-state index in [0.717, 1.165) is 77.1 Å². The van der Waals surface area contributed by atoms with Gasteiger partial charge in [0.2, 0.25) is 0 Å². The van der Waals surface area contributed by atoms with Crippen molar-refractivity contribution in [2.45, 2.75) is 77.0 Å². The van der Waals surface area contributed by atoms with Gasteiger partial charge in [-0.3, -0.25) is 4.79 Å². The predicted molar refractivity (Wildman–Crippen MR) is 157 cm³/mol. The molecule has 1 amide bonds. The molecule has 9 nitrogen and oxygen atoms in total. The molecule has 2 aromatic rings. The Kier molecular flexibility index (Phi) is 8.57. The largest absolute Gasteiger partial charge is 0.451 e. The zero-order valence-corrected chi connectivity index (χ0v) is 24.7. The fourth-order valence-electron chi connectivity index (χ4n) is 6.56. The quantitative estimate of drug-likeness (QED) is 0.483. The molecule has 2 saturated heterocycles. The van der Waals surface area contributed by atoms with Crippen LogP contribution in [0.5, 0.6) is 11.5 Å². The van der Waals surface area contributed by atoms with Crippen LogP contribution in [0.1, 0.15) is 69.7 Å². The van der Waals surface area contributed by atoms with E-state index in [1.165, 1.54) is 6.33 Å². The van der Waals surface area contributed by atoms with Crippen LogP contribution in [0.2, 0.25) is 5.02 Å². The Morgan fingerprint density at radius 2 is 1.90 bits per heavy atom. The van der Waals surface area contributed by atoms with E-state index < -0.39 is 5.60 Å². The number of nitrogens with zero attached hydrogens (tertiary/aromatic N) is 5. The number of benzene rings is 1. The first-order chi connectivity index (χ1) is 19.1. The highest BCUT2D eigenvalue weighted by atomic mass is 35.5. The van der Waals surface area contributed by atoms with Crippen LogP contribution in [0.4, 0.5) is 5.82 Å². The number of piperidine rings is 1. The van der Waals surface area contributed by atoms with E-state index in [4.69, 9.17) is 22.1 Å². The van der Waals surface area contributed by atoms with Crippen LogP contribution in [-0.4, -0.2) is 87.7 Å². The number of amides is 1. The van der Waals surface area contributed by atoms with E-state index in [2.05, 4.69) is 19.8 Å². The maximum Gasteiger partial charge on any atom is 0.257 e. The zero-order chi connectivity index (χ0) is 28.5. The van der Waals surface area contributed by atoms with Crippen molar-refractivity contribution in [1.29, 1.82) is 0 Å². The van der Waals surface area contributed by atoms with Gasteiger partial charge < -0.3 is 30.3 Å². The number of β-amino-alcohol motifs (C(OH)–C–C–N with tert-alkyl or cyclic N) is 1. The van der Waals surface area contributed by atoms with E-state index in [1.807, 2.05) is 20.8 Å². The van der Waals surface area contributed by atoms with Crippen LogP contribution in [0, 0.1) is 5.41 Å². The molecule has 0 bridgehead atoms. The third-order valence-electron chi connectivity index (χ3n) is 9.02. The minimum atomic E-state index is -0.593. The molecule has 0 unspecified atom stereocenters. The second-order valence-corrected chi connectivity index (χ2v) is 12.8. The van der Waals surface area contributed by atoms with Gasteiger partial charge in [-0.1, -0.05) is 11.6 Å². The lowest BCUT2D eigenvalue weighted by molar-refractivity contribution is -0.0447. The summed E-state index contributed by atoms with van der Waals surface area (Å²) < 4.78 is 6.33. The lowest BCUT2D eigenvalue weighted by Crippen LogP contribution is -2.61. The number of carbonyl (C=O) groups is 1. The number of nitrogens with two attached hydrogens (primary N) is 1. The molecule has 10 heteroatoms. The second kappa shape index (κ2) is 11.8. The van der Waals surface area contributed by atoms with E-state index in [1.54, 1.807) is 29.3 Å². The lowest BCUT2D eigenvalue weighted by Gasteiger charge is -2.55. The van der Waals surface area contributed by atoms with Gasteiger partial charge in [-0.25, -0.2) is 9.97 Å². The number of aliphatic hydroxyl groups is 1. The van der Waals surface area contributed by atoms with Gasteiger partial charge in [0.25, 0.3) is 5.91 Å². The highest BCUT2D eigenvalue weighted by Gasteiger charge is 2.47. The Balaban J connectivity index is 1.23. The number of carbonyl (C=O) groups excluding carboxylic acids is 1. The molecule has 1 spiro atoms. The molecule has 0 atom stereocenters. The molecular formula is C30H43ClN6O3. The molecule has 3 aliphatic rings. The monoisotopic (exact) mass is 570 g/mol. The summed E-state index contributed by atoms with van der Waals surface area (Å²) in [5.41, 5.74) is 6.13. The van der Waals surface area contributed by atoms with Crippen molar-refractivity contribution in [2.24, 2.45) is 11.1 Å². The summed E-state index contributed by atoms with van der Waals surface area (Å²) in [6.45, 7) is 11.1. The second-order valence-electron chi connectivity index (χ2n) is 12.3. The number of likely N-dealkylation sites (tertiary alicyclic amines) is 1. The maximum absolute atomic E-state index is 13.4. The van der Waals surface area contributed by atoms with Crippen molar-refractivity contribution < 1.29 is 14.6 Å². The topological polar surface area (TPSA) is 108 Å². The number of hydrogen-bond acceptors (Lipinski definition) is 8. The molecule has 5 rings (SSSR count). The fourth-order valence-corrected chi connectivity index (χ4v) is 6.73. The van der Waals surface area contributed by atoms with Crippen LogP contribution in [-0.2, 0) is 0 Å². The summed E-state index contributed by atoms with van der Waals surface area (Å²) in [5, 5.41) is 11.5. The van der Waals surface area contributed by atoms with Crippen LogP contribution >= 0.6 is 11.6 Å². The number of halogens is 1. The van der Waals surface area contributed by atoms with Crippen LogP contribution in [0.3, 0.4) is 0 Å². The van der Waals surface area contributed by atoms with Crippen molar-refractivity contribution in [3.05, 3.63) is 41.3 Å². The summed E-state index contributed by atoms with van der Waals surface area (Å²) in [4.78, 5) is 28.6. The average molecular weight is 571 g/mol. The lowest BCUT2D eigenvalue weighted by atomic mass is 9.71. The Bertz CT molecular complexity index is 1190. The molecule has 218 valence electrons. The minimum Gasteiger partial charge on any atom is -0.451 e. The van der Waals surface area contributed by atoms with Gasteiger partial charge >= 0.3 is 0 Å². The van der Waals surface area contributed by atoms with Crippen LogP contribution in [0.25, 0.3) is 0 Å². The van der Waals surface area contributed by atoms with Gasteiger partial charge in [-0.15, -0.1) is 0 Å². The summed E-state index contributed by atoms with van der Waals surface area (Å²) in [5.74, 6) is 1.58. The molecule has 40 heavy (non-hydrogen) atoms. The van der Waals surface area contributed by atoms with Gasteiger partial charge in [0.15, 0.2) is 11.6 Å². The first kappa shape index (κ1) is 29.0. The van der Waals surface area contributed by atoms with Gasteiger partial charge in [0, 0.05) is 48.7 Å². The normalized spacial score (nSPS) is 24.7. The Hall–Kier alpha value is -2.46. The molecule has 1 saturated carbocycles. The summed E-state index contributed by atoms with van der Waals surface area (Å²) in [6.07, 6.45) is 8.81. The molecule has 0 radical (unpaired) electrons. The summed E-state index contributed by atoms with van der Waals surface area (Å²) in [7, 11) is 0. The Morgan fingerprint density at radius 1 is 1.20 bits per heavy atom. The van der Waals surface area contributed by atoms with E-state index in [9.17, 15) is 9.90 Å². The molecular weight excluding hydrogens is 528 g/mol. The molecule has 1 aromatic carbocycles. The highest BCUT2D eigenvalue weighted by Crippen LogP contribution is 2.45. The minimum absolute atomic E-state index is 0.0486. The van der Waals surface area contributed by atoms with Gasteiger partial charge in [0.05, 0.1) is 17.4 Å². The van der Waals surface area contributed by atoms with Gasteiger partial charge in [-0.05, 0) is 90.6 Å². The smallest absolute Gasteiger partial charge is 0.257 e. The summed E-state index contributed by atoms with van der Waals surface area (Å²) in [6, 6.07) is 5.42. The molecule has 3 fully saturated rings. The van der Waals surface area contributed by atoms with Crippen molar-refractivity contribution >= 4 is 23.3 Å².